The van der Waals surface area contributed by atoms with Crippen molar-refractivity contribution in [2.75, 3.05) is 5.32 Å². The van der Waals surface area contributed by atoms with Crippen LogP contribution in [-0.2, 0) is 4.79 Å². The number of carboxylic acid groups (broad SMARTS) is 1. The summed E-state index contributed by atoms with van der Waals surface area (Å²) < 4.78 is 13.3. The molecule has 0 aliphatic heterocycles. The van der Waals surface area contributed by atoms with E-state index in [2.05, 4.69) is 26.6 Å². The van der Waals surface area contributed by atoms with Crippen molar-refractivity contribution in [2.45, 2.75) is 26.3 Å². The zero-order valence-electron chi connectivity index (χ0n) is 11.1. The number of amides is 2. The van der Waals surface area contributed by atoms with Crippen molar-refractivity contribution in [2.24, 2.45) is 5.92 Å². The van der Waals surface area contributed by atoms with E-state index in [1.807, 2.05) is 6.92 Å². The van der Waals surface area contributed by atoms with E-state index in [9.17, 15) is 14.0 Å². The minimum Gasteiger partial charge on any atom is -0.480 e. The van der Waals surface area contributed by atoms with E-state index in [0.29, 0.717) is 12.1 Å². The Hall–Kier alpha value is -1.63. The van der Waals surface area contributed by atoms with E-state index in [4.69, 9.17) is 5.11 Å². The lowest BCUT2D eigenvalue weighted by Gasteiger charge is -2.20. The van der Waals surface area contributed by atoms with Crippen LogP contribution in [0.25, 0.3) is 0 Å². The van der Waals surface area contributed by atoms with Gasteiger partial charge in [0.1, 0.15) is 11.9 Å². The summed E-state index contributed by atoms with van der Waals surface area (Å²) in [4.78, 5) is 22.8. The maximum Gasteiger partial charge on any atom is 0.326 e. The van der Waals surface area contributed by atoms with Crippen molar-refractivity contribution in [3.05, 3.63) is 28.5 Å². The predicted molar refractivity (Wildman–Crippen MR) is 77.1 cm³/mol. The van der Waals surface area contributed by atoms with Crippen molar-refractivity contribution >= 4 is 33.6 Å². The zero-order valence-corrected chi connectivity index (χ0v) is 12.7. The largest absolute Gasteiger partial charge is 0.480 e. The molecule has 2 amide bonds. The lowest BCUT2D eigenvalue weighted by molar-refractivity contribution is -0.140. The Bertz CT molecular complexity index is 510. The van der Waals surface area contributed by atoms with Crippen molar-refractivity contribution in [3.63, 3.8) is 0 Å². The smallest absolute Gasteiger partial charge is 0.326 e. The minimum atomic E-state index is -1.09. The van der Waals surface area contributed by atoms with Gasteiger partial charge in [-0.1, -0.05) is 20.3 Å². The third kappa shape index (κ3) is 4.48. The molecule has 0 saturated carbocycles. The van der Waals surface area contributed by atoms with Gasteiger partial charge in [0.25, 0.3) is 0 Å². The topological polar surface area (TPSA) is 78.4 Å². The zero-order chi connectivity index (χ0) is 15.3. The molecule has 0 radical (unpaired) electrons. The lowest BCUT2D eigenvalue weighted by Crippen LogP contribution is -2.46. The molecule has 1 rings (SSSR count). The highest BCUT2D eigenvalue weighted by Gasteiger charge is 2.25. The number of carboxylic acids is 1. The van der Waals surface area contributed by atoms with Gasteiger partial charge in [0.05, 0.1) is 4.47 Å². The van der Waals surface area contributed by atoms with Crippen molar-refractivity contribution < 1.29 is 19.1 Å². The maximum absolute atomic E-state index is 13.1. The molecule has 1 aromatic rings. The van der Waals surface area contributed by atoms with Crippen LogP contribution < -0.4 is 10.6 Å². The first kappa shape index (κ1) is 16.4. The van der Waals surface area contributed by atoms with Gasteiger partial charge in [0, 0.05) is 5.69 Å². The van der Waals surface area contributed by atoms with Gasteiger partial charge in [-0.05, 0) is 40.0 Å². The molecule has 0 aliphatic carbocycles. The summed E-state index contributed by atoms with van der Waals surface area (Å²) in [7, 11) is 0. The molecule has 3 N–H and O–H groups in total. The number of carbonyl (C=O) groups is 2. The molecule has 0 bridgehead atoms. The van der Waals surface area contributed by atoms with Gasteiger partial charge in [0.2, 0.25) is 0 Å². The van der Waals surface area contributed by atoms with Crippen LogP contribution in [0.4, 0.5) is 14.9 Å². The summed E-state index contributed by atoms with van der Waals surface area (Å²) in [6.45, 7) is 3.59. The average molecular weight is 347 g/mol. The van der Waals surface area contributed by atoms with E-state index < -0.39 is 23.9 Å². The molecular formula is C13H16BrFN2O3. The second kappa shape index (κ2) is 7.23. The lowest BCUT2D eigenvalue weighted by atomic mass is 9.99. The molecule has 7 heteroatoms. The Morgan fingerprint density at radius 3 is 2.60 bits per heavy atom. The number of urea groups is 1. The van der Waals surface area contributed by atoms with Gasteiger partial charge in [-0.15, -0.1) is 0 Å². The summed E-state index contributed by atoms with van der Waals surface area (Å²) in [5.41, 5.74) is 0.365. The number of rotatable bonds is 5. The van der Waals surface area contributed by atoms with Gasteiger partial charge in [0.15, 0.2) is 0 Å². The second-order valence-electron chi connectivity index (χ2n) is 4.43. The fourth-order valence-electron chi connectivity index (χ4n) is 1.57. The molecular weight excluding hydrogens is 331 g/mol. The Balaban J connectivity index is 2.70. The average Bonchev–Trinajstić information content (AvgIpc) is 2.39. The number of halogens is 2. The first-order valence-electron chi connectivity index (χ1n) is 6.10. The molecule has 1 aromatic carbocycles. The van der Waals surface area contributed by atoms with Crippen LogP contribution >= 0.6 is 15.9 Å². The van der Waals surface area contributed by atoms with Crippen molar-refractivity contribution in [1.82, 2.24) is 5.32 Å². The van der Waals surface area contributed by atoms with Gasteiger partial charge in [-0.25, -0.2) is 14.0 Å². The molecule has 0 heterocycles. The van der Waals surface area contributed by atoms with Crippen LogP contribution in [-0.4, -0.2) is 23.1 Å². The fraction of sp³-hybridized carbons (Fsp3) is 0.385. The molecule has 20 heavy (non-hydrogen) atoms. The quantitative estimate of drug-likeness (QED) is 0.765. The molecule has 110 valence electrons. The van der Waals surface area contributed by atoms with Gasteiger partial charge in [-0.2, -0.15) is 0 Å². The summed E-state index contributed by atoms with van der Waals surface area (Å²) in [6.07, 6.45) is 0.624. The molecule has 0 saturated heterocycles. The highest BCUT2D eigenvalue weighted by molar-refractivity contribution is 9.10. The summed E-state index contributed by atoms with van der Waals surface area (Å²) in [6, 6.07) is 2.37. The van der Waals surface area contributed by atoms with Crippen molar-refractivity contribution in [1.29, 1.82) is 0 Å². The van der Waals surface area contributed by atoms with Crippen LogP contribution in [0.5, 0.6) is 0 Å². The number of hydrogen-bond acceptors (Lipinski definition) is 2. The van der Waals surface area contributed by atoms with Gasteiger partial charge in [-0.3, -0.25) is 0 Å². The molecule has 0 unspecified atom stereocenters. The Morgan fingerprint density at radius 2 is 2.10 bits per heavy atom. The number of benzene rings is 1. The number of carbonyl (C=O) groups excluding carboxylic acids is 1. The highest BCUT2D eigenvalue weighted by atomic mass is 79.9. The highest BCUT2D eigenvalue weighted by Crippen LogP contribution is 2.20. The first-order chi connectivity index (χ1) is 9.35. The van der Waals surface area contributed by atoms with Crippen LogP contribution in [0.15, 0.2) is 22.7 Å². The van der Waals surface area contributed by atoms with Gasteiger partial charge >= 0.3 is 12.0 Å². The van der Waals surface area contributed by atoms with Crippen LogP contribution in [0, 0.1) is 11.7 Å². The summed E-state index contributed by atoms with van der Waals surface area (Å²) >= 11 is 3.00. The molecule has 0 aliphatic rings. The Kier molecular flexibility index (Phi) is 5.94. The van der Waals surface area contributed by atoms with Crippen molar-refractivity contribution in [3.8, 4) is 0 Å². The molecule has 0 aromatic heterocycles. The molecule has 0 spiro atoms. The van der Waals surface area contributed by atoms with E-state index in [1.54, 1.807) is 6.92 Å². The van der Waals surface area contributed by atoms with Crippen LogP contribution in [0.1, 0.15) is 20.3 Å². The van der Waals surface area contributed by atoms with Gasteiger partial charge < -0.3 is 15.7 Å². The number of nitrogens with one attached hydrogen (secondary N) is 2. The third-order valence-electron chi connectivity index (χ3n) is 2.94. The number of anilines is 1. The normalized spacial score (nSPS) is 13.4. The standard InChI is InChI=1S/C13H16BrFN2O3/c1-3-7(2)11(12(18)19)17-13(20)16-8-4-5-10(15)9(14)6-8/h4-7,11H,3H2,1-2H3,(H,18,19)(H2,16,17,20)/t7-,11-/m0/s1. The van der Waals surface area contributed by atoms with E-state index in [1.165, 1.54) is 18.2 Å². The monoisotopic (exact) mass is 346 g/mol. The first-order valence-corrected chi connectivity index (χ1v) is 6.89. The number of aliphatic carboxylic acids is 1. The second-order valence-corrected chi connectivity index (χ2v) is 5.28. The van der Waals surface area contributed by atoms with Crippen LogP contribution in [0.2, 0.25) is 0 Å². The maximum atomic E-state index is 13.1. The van der Waals surface area contributed by atoms with E-state index >= 15 is 0 Å². The Labute approximate surface area is 124 Å². The predicted octanol–water partition coefficient (Wildman–Crippen LogP) is 3.21. The minimum absolute atomic E-state index is 0.196. The number of hydrogen-bond donors (Lipinski definition) is 3. The Morgan fingerprint density at radius 1 is 1.45 bits per heavy atom. The van der Waals surface area contributed by atoms with E-state index in [0.717, 1.165) is 0 Å². The molecule has 5 nitrogen and oxygen atoms in total. The summed E-state index contributed by atoms with van der Waals surface area (Å²) in [5, 5.41) is 13.9. The van der Waals surface area contributed by atoms with E-state index in [-0.39, 0.29) is 10.4 Å². The molecule has 2 atom stereocenters. The fourth-order valence-corrected chi connectivity index (χ4v) is 1.94. The third-order valence-corrected chi connectivity index (χ3v) is 3.55. The molecule has 0 fully saturated rings. The SMILES string of the molecule is CC[C@H](C)[C@H](NC(=O)Nc1ccc(F)c(Br)c1)C(=O)O. The van der Waals surface area contributed by atoms with Crippen LogP contribution in [0.3, 0.4) is 0 Å². The summed E-state index contributed by atoms with van der Waals surface area (Å²) in [5.74, 6) is -1.73.